The van der Waals surface area contributed by atoms with Crippen LogP contribution in [0.5, 0.6) is 0 Å². The minimum Gasteiger partial charge on any atom is -0.193 e. The number of benzene rings is 1. The van der Waals surface area contributed by atoms with E-state index < -0.39 is 20.2 Å². The van der Waals surface area contributed by atoms with Gasteiger partial charge >= 0.3 is 20.2 Å². The van der Waals surface area contributed by atoms with E-state index in [-0.39, 0.29) is 9.79 Å². The van der Waals surface area contributed by atoms with Crippen LogP contribution in [0.25, 0.3) is 6.08 Å². The summed E-state index contributed by atoms with van der Waals surface area (Å²) in [5.74, 6) is 0. The number of hydrogen-bond donors (Lipinski definition) is 0. The van der Waals surface area contributed by atoms with Crippen molar-refractivity contribution in [3.8, 4) is 0 Å². The van der Waals surface area contributed by atoms with Gasteiger partial charge in [-0.15, -0.1) is 3.63 Å². The van der Waals surface area contributed by atoms with E-state index in [0.717, 1.165) is 0 Å². The zero-order chi connectivity index (χ0) is 11.3. The van der Waals surface area contributed by atoms with Crippen LogP contribution in [0.15, 0.2) is 34.6 Å². The summed E-state index contributed by atoms with van der Waals surface area (Å²) >= 11 is 0. The fraction of sp³-hybridized carbons (Fsp3) is 0. The van der Waals surface area contributed by atoms with Crippen molar-refractivity contribution < 1.29 is 20.5 Å². The van der Waals surface area contributed by atoms with Gasteiger partial charge in [0.1, 0.15) is 9.79 Å². The molecule has 0 unspecified atom stereocenters. The van der Waals surface area contributed by atoms with Crippen molar-refractivity contribution in [1.82, 2.24) is 0 Å². The first-order valence-corrected chi connectivity index (χ1v) is 6.66. The Kier molecular flexibility index (Phi) is 2.00. The third kappa shape index (κ3) is 1.48. The maximum absolute atomic E-state index is 11.3. The molecule has 80 valence electrons. The van der Waals surface area contributed by atoms with Gasteiger partial charge in [0.15, 0.2) is 0 Å². The van der Waals surface area contributed by atoms with E-state index in [0.29, 0.717) is 5.56 Å². The maximum atomic E-state index is 11.3. The molecule has 0 spiro atoms. The monoisotopic (exact) mass is 246 g/mol. The van der Waals surface area contributed by atoms with Crippen LogP contribution in [0, 0.1) is 0 Å². The summed E-state index contributed by atoms with van der Waals surface area (Å²) in [4.78, 5) is -0.659. The predicted molar refractivity (Wildman–Crippen MR) is 52.0 cm³/mol. The molecule has 0 N–H and O–H groups in total. The average molecular weight is 246 g/mol. The van der Waals surface area contributed by atoms with E-state index in [2.05, 4.69) is 10.2 Å². The molecular formula is C8H6O5S2. The van der Waals surface area contributed by atoms with E-state index in [4.69, 9.17) is 0 Å². The predicted octanol–water partition coefficient (Wildman–Crippen LogP) is 0.737. The van der Waals surface area contributed by atoms with Crippen LogP contribution in [-0.2, 0) is 23.9 Å². The van der Waals surface area contributed by atoms with Gasteiger partial charge in [-0.25, -0.2) is 0 Å². The highest BCUT2D eigenvalue weighted by Gasteiger charge is 2.40. The van der Waals surface area contributed by atoms with E-state index >= 15 is 0 Å². The average Bonchev–Trinajstić information content (AvgIpc) is 2.32. The van der Waals surface area contributed by atoms with Crippen molar-refractivity contribution in [2.24, 2.45) is 0 Å². The van der Waals surface area contributed by atoms with Crippen molar-refractivity contribution in [3.05, 3.63) is 30.3 Å². The van der Waals surface area contributed by atoms with Crippen molar-refractivity contribution in [1.29, 1.82) is 0 Å². The number of fused-ring (bicyclic) bond motifs is 1. The molecule has 1 aromatic rings. The Labute approximate surface area is 87.2 Å². The van der Waals surface area contributed by atoms with E-state index in [9.17, 15) is 16.8 Å². The maximum Gasteiger partial charge on any atom is 0.313 e. The summed E-state index contributed by atoms with van der Waals surface area (Å²) < 4.78 is 49.1. The molecule has 1 aliphatic rings. The molecule has 0 fully saturated rings. The minimum absolute atomic E-state index is 0.326. The Hall–Kier alpha value is -1.18. The highest BCUT2D eigenvalue weighted by molar-refractivity contribution is 8.02. The molecule has 0 aromatic heterocycles. The van der Waals surface area contributed by atoms with Crippen LogP contribution in [0.4, 0.5) is 0 Å². The number of rotatable bonds is 1. The quantitative estimate of drug-likeness (QED) is 0.730. The Bertz CT molecular complexity index is 640. The minimum atomic E-state index is -4.18. The lowest BCUT2D eigenvalue weighted by atomic mass is 10.2. The van der Waals surface area contributed by atoms with E-state index in [1.165, 1.54) is 24.3 Å². The molecule has 0 aliphatic carbocycles. The standard InChI is InChI=1S/C8H6O5S2/c1-2-6-3-4-7-8(5-6)15(11,12)13-14(7,9)10/h2-5H,1H2. The summed E-state index contributed by atoms with van der Waals surface area (Å²) in [5.41, 5.74) is 0.512. The van der Waals surface area contributed by atoms with Crippen LogP contribution in [0.1, 0.15) is 5.56 Å². The third-order valence-electron chi connectivity index (χ3n) is 1.92. The van der Waals surface area contributed by atoms with E-state index in [1.807, 2.05) is 0 Å². The summed E-state index contributed by atoms with van der Waals surface area (Å²) in [6.45, 7) is 3.46. The first-order chi connectivity index (χ1) is 6.87. The SMILES string of the molecule is C=Cc1ccc2c(c1)S(=O)(=O)OS2(=O)=O. The molecule has 5 nitrogen and oxygen atoms in total. The second-order valence-corrected chi connectivity index (χ2v) is 6.13. The van der Waals surface area contributed by atoms with Gasteiger partial charge in [0.05, 0.1) is 0 Å². The molecule has 1 aliphatic heterocycles. The molecule has 0 bridgehead atoms. The normalized spacial score (nSPS) is 20.8. The lowest BCUT2D eigenvalue weighted by Crippen LogP contribution is -2.01. The summed E-state index contributed by atoms with van der Waals surface area (Å²) in [7, 11) is -8.34. The summed E-state index contributed by atoms with van der Waals surface area (Å²) in [5, 5.41) is 0. The Morgan fingerprint density at radius 3 is 2.27 bits per heavy atom. The van der Waals surface area contributed by atoms with Crippen LogP contribution in [0.3, 0.4) is 0 Å². The molecule has 15 heavy (non-hydrogen) atoms. The fourth-order valence-corrected chi connectivity index (χ4v) is 4.52. The second kappa shape index (κ2) is 2.91. The van der Waals surface area contributed by atoms with Crippen LogP contribution < -0.4 is 0 Å². The summed E-state index contributed by atoms with van der Waals surface area (Å²) in [6, 6.07) is 3.85. The van der Waals surface area contributed by atoms with Gasteiger partial charge in [0.2, 0.25) is 0 Å². The zero-order valence-corrected chi connectivity index (χ0v) is 9.01. The first-order valence-electron chi connectivity index (χ1n) is 3.84. The molecule has 2 rings (SSSR count). The molecular weight excluding hydrogens is 240 g/mol. The van der Waals surface area contributed by atoms with Crippen molar-refractivity contribution >= 4 is 26.3 Å². The van der Waals surface area contributed by atoms with Gasteiger partial charge in [-0.1, -0.05) is 18.7 Å². The fourth-order valence-electron chi connectivity index (χ4n) is 1.24. The van der Waals surface area contributed by atoms with Crippen LogP contribution >= 0.6 is 0 Å². The lowest BCUT2D eigenvalue weighted by molar-refractivity contribution is 0.475. The van der Waals surface area contributed by atoms with Crippen molar-refractivity contribution in [2.75, 3.05) is 0 Å². The van der Waals surface area contributed by atoms with Gasteiger partial charge in [-0.3, -0.25) is 0 Å². The van der Waals surface area contributed by atoms with Gasteiger partial charge in [-0.05, 0) is 17.7 Å². The second-order valence-electron chi connectivity index (χ2n) is 2.89. The smallest absolute Gasteiger partial charge is 0.193 e. The van der Waals surface area contributed by atoms with Crippen molar-refractivity contribution in [2.45, 2.75) is 9.79 Å². The third-order valence-corrected chi connectivity index (χ3v) is 5.25. The Balaban J connectivity index is 2.88. The van der Waals surface area contributed by atoms with Gasteiger partial charge < -0.3 is 0 Å². The van der Waals surface area contributed by atoms with Crippen LogP contribution in [0.2, 0.25) is 0 Å². The molecule has 0 radical (unpaired) electrons. The summed E-state index contributed by atoms with van der Waals surface area (Å²) in [6.07, 6.45) is 1.42. The first kappa shape index (κ1) is 10.3. The number of hydrogen-bond acceptors (Lipinski definition) is 5. The Morgan fingerprint density at radius 1 is 1.07 bits per heavy atom. The largest absolute Gasteiger partial charge is 0.313 e. The molecule has 1 heterocycles. The zero-order valence-electron chi connectivity index (χ0n) is 7.37. The Morgan fingerprint density at radius 2 is 1.67 bits per heavy atom. The van der Waals surface area contributed by atoms with Crippen molar-refractivity contribution in [3.63, 3.8) is 0 Å². The highest BCUT2D eigenvalue weighted by atomic mass is 32.3. The van der Waals surface area contributed by atoms with Crippen LogP contribution in [-0.4, -0.2) is 16.8 Å². The van der Waals surface area contributed by atoms with Gasteiger partial charge in [-0.2, -0.15) is 16.8 Å². The lowest BCUT2D eigenvalue weighted by Gasteiger charge is -1.95. The molecule has 1 aromatic carbocycles. The highest BCUT2D eigenvalue weighted by Crippen LogP contribution is 2.34. The molecule has 0 saturated carbocycles. The molecule has 0 amide bonds. The van der Waals surface area contributed by atoms with Gasteiger partial charge in [0, 0.05) is 0 Å². The molecule has 0 atom stereocenters. The van der Waals surface area contributed by atoms with Gasteiger partial charge in [0.25, 0.3) is 0 Å². The molecule has 7 heteroatoms. The van der Waals surface area contributed by atoms with E-state index in [1.54, 1.807) is 0 Å². The molecule has 0 saturated heterocycles. The topological polar surface area (TPSA) is 77.5 Å².